The molecule has 0 heterocycles. The van der Waals surface area contributed by atoms with Crippen LogP contribution in [-0.4, -0.2) is 58.3 Å². The fraction of sp³-hybridized carbons (Fsp3) is 0.882. The van der Waals surface area contributed by atoms with Gasteiger partial charge in [0.05, 0.1) is 13.8 Å². The van der Waals surface area contributed by atoms with Crippen LogP contribution in [-0.2, 0) is 18.4 Å². The van der Waals surface area contributed by atoms with Gasteiger partial charge >= 0.3 is 11.9 Å². The Labute approximate surface area is 161 Å². The first-order valence-corrected chi connectivity index (χ1v) is 18.8. The minimum Gasteiger partial charge on any atom is -0.481 e. The summed E-state index contributed by atoms with van der Waals surface area (Å²) in [6.07, 6.45) is 1.21. The third-order valence-electron chi connectivity index (χ3n) is 5.09. The van der Waals surface area contributed by atoms with Crippen LogP contribution in [0.1, 0.15) is 33.1 Å². The number of hydrogen-bond acceptors (Lipinski definition) is 4. The van der Waals surface area contributed by atoms with E-state index in [9.17, 15) is 9.59 Å². The van der Waals surface area contributed by atoms with Gasteiger partial charge in [-0.05, 0) is 51.6 Å². The molecule has 2 atom stereocenters. The first-order chi connectivity index (χ1) is 11.6. The normalized spacial score (nSPS) is 15.5. The number of aliphatic carboxylic acids is 2. The maximum absolute atomic E-state index is 10.9. The summed E-state index contributed by atoms with van der Waals surface area (Å²) in [5.74, 6) is -1.54. The number of carbonyl (C=O) groups is 2. The molecule has 0 rings (SSSR count). The Morgan fingerprint density at radius 2 is 1.35 bits per heavy atom. The van der Waals surface area contributed by atoms with Gasteiger partial charge < -0.3 is 19.1 Å². The molecule has 1 unspecified atom stereocenters. The summed E-state index contributed by atoms with van der Waals surface area (Å²) in [6, 6.07) is 1.30. The van der Waals surface area contributed by atoms with Gasteiger partial charge in [-0.15, -0.1) is 0 Å². The van der Waals surface area contributed by atoms with Crippen LogP contribution in [0.2, 0.25) is 51.4 Å². The van der Waals surface area contributed by atoms with E-state index in [0.29, 0.717) is 12.1 Å². The SMILES string of the molecule is CCC(O[Si](C)(C)[C@@H](C)O[Si](C)(C)CCC(=O)O)[Si](C)(C)CCC(=O)O. The largest absolute Gasteiger partial charge is 0.481 e. The predicted octanol–water partition coefficient (Wildman–Crippen LogP) is 4.33. The van der Waals surface area contributed by atoms with Crippen molar-refractivity contribution in [3.05, 3.63) is 0 Å². The molecule has 0 aliphatic heterocycles. The van der Waals surface area contributed by atoms with E-state index in [1.165, 1.54) is 0 Å². The Hall–Kier alpha value is -0.489. The third-order valence-corrected chi connectivity index (χ3v) is 14.8. The number of carboxylic acid groups (broad SMARTS) is 2. The van der Waals surface area contributed by atoms with Gasteiger partial charge in [0.2, 0.25) is 8.32 Å². The number of hydrogen-bond donors (Lipinski definition) is 2. The monoisotopic (exact) mass is 422 g/mol. The smallest absolute Gasteiger partial charge is 0.303 e. The van der Waals surface area contributed by atoms with Crippen molar-refractivity contribution in [3.63, 3.8) is 0 Å². The highest BCUT2D eigenvalue weighted by Crippen LogP contribution is 2.28. The van der Waals surface area contributed by atoms with Crippen LogP contribution in [0.4, 0.5) is 0 Å². The summed E-state index contributed by atoms with van der Waals surface area (Å²) in [5.41, 5.74) is 0.0784. The van der Waals surface area contributed by atoms with Crippen molar-refractivity contribution in [2.75, 3.05) is 0 Å². The van der Waals surface area contributed by atoms with Crippen LogP contribution in [0.15, 0.2) is 0 Å². The lowest BCUT2D eigenvalue weighted by Gasteiger charge is -2.42. The minimum absolute atomic E-state index is 0.0312. The molecule has 0 bridgehead atoms. The molecule has 0 amide bonds. The van der Waals surface area contributed by atoms with Crippen LogP contribution in [0.5, 0.6) is 0 Å². The second-order valence-electron chi connectivity index (χ2n) is 8.91. The van der Waals surface area contributed by atoms with Crippen LogP contribution in [0.25, 0.3) is 0 Å². The van der Waals surface area contributed by atoms with E-state index in [1.54, 1.807) is 0 Å². The zero-order chi connectivity index (χ0) is 20.8. The van der Waals surface area contributed by atoms with Gasteiger partial charge in [0.25, 0.3) is 0 Å². The molecule has 26 heavy (non-hydrogen) atoms. The van der Waals surface area contributed by atoms with Crippen molar-refractivity contribution in [3.8, 4) is 0 Å². The molecule has 9 heteroatoms. The summed E-state index contributed by atoms with van der Waals surface area (Å²) in [7, 11) is -6.07. The van der Waals surface area contributed by atoms with E-state index in [0.717, 1.165) is 6.42 Å². The van der Waals surface area contributed by atoms with Gasteiger partial charge in [0.15, 0.2) is 8.32 Å². The van der Waals surface area contributed by atoms with E-state index >= 15 is 0 Å². The molecule has 6 nitrogen and oxygen atoms in total. The van der Waals surface area contributed by atoms with E-state index in [1.807, 2.05) is 6.92 Å². The molecule has 154 valence electrons. The summed E-state index contributed by atoms with van der Waals surface area (Å²) >= 11 is 0. The van der Waals surface area contributed by atoms with E-state index in [-0.39, 0.29) is 24.3 Å². The maximum Gasteiger partial charge on any atom is 0.303 e. The van der Waals surface area contributed by atoms with Crippen LogP contribution in [0.3, 0.4) is 0 Å². The minimum atomic E-state index is -2.17. The maximum atomic E-state index is 10.9. The third kappa shape index (κ3) is 9.45. The van der Waals surface area contributed by atoms with Crippen LogP contribution < -0.4 is 0 Å². The lowest BCUT2D eigenvalue weighted by atomic mass is 10.5. The van der Waals surface area contributed by atoms with Crippen molar-refractivity contribution in [2.45, 2.75) is 95.9 Å². The molecule has 0 radical (unpaired) electrons. The highest BCUT2D eigenvalue weighted by molar-refractivity contribution is 6.81. The van der Waals surface area contributed by atoms with Crippen molar-refractivity contribution >= 4 is 36.6 Å². The molecular formula is C17H38O6Si3. The zero-order valence-electron chi connectivity index (χ0n) is 17.7. The number of rotatable bonds is 13. The highest BCUT2D eigenvalue weighted by atomic mass is 28.4. The summed E-state index contributed by atoms with van der Waals surface area (Å²) in [6.45, 7) is 16.9. The van der Waals surface area contributed by atoms with Crippen molar-refractivity contribution in [1.29, 1.82) is 0 Å². The molecule has 0 fully saturated rings. The molecule has 0 aromatic carbocycles. The molecule has 0 spiro atoms. The lowest BCUT2D eigenvalue weighted by Crippen LogP contribution is -2.56. The van der Waals surface area contributed by atoms with E-state index in [2.05, 4.69) is 46.2 Å². The first kappa shape index (κ1) is 25.5. The van der Waals surface area contributed by atoms with Crippen molar-refractivity contribution < 1.29 is 28.7 Å². The van der Waals surface area contributed by atoms with Gasteiger partial charge in [-0.3, -0.25) is 9.59 Å². The predicted molar refractivity (Wildman–Crippen MR) is 112 cm³/mol. The second-order valence-corrected chi connectivity index (χ2v) is 22.5. The van der Waals surface area contributed by atoms with Gasteiger partial charge in [-0.1, -0.05) is 20.0 Å². The van der Waals surface area contributed by atoms with Gasteiger partial charge in [-0.25, -0.2) is 0 Å². The van der Waals surface area contributed by atoms with E-state index < -0.39 is 36.6 Å². The van der Waals surface area contributed by atoms with Crippen LogP contribution >= 0.6 is 0 Å². The standard InChI is InChI=1S/C17H38O6Si3/c1-9-17(24(3,4)12-10-15(18)19)23-26(7,8)14(2)22-25(5,6)13-11-16(20)21/h14,17H,9-13H2,1-8H3,(H,18,19)(H,20,21)/t14-,17?/m0/s1. The molecule has 0 aliphatic carbocycles. The van der Waals surface area contributed by atoms with Gasteiger partial charge in [0, 0.05) is 18.6 Å². The quantitative estimate of drug-likeness (QED) is 0.429. The lowest BCUT2D eigenvalue weighted by molar-refractivity contribution is -0.137. The zero-order valence-corrected chi connectivity index (χ0v) is 20.7. The molecular weight excluding hydrogens is 384 g/mol. The topological polar surface area (TPSA) is 93.1 Å². The first-order valence-electron chi connectivity index (χ1n) is 9.42. The molecule has 2 N–H and O–H groups in total. The number of carboxylic acids is 2. The van der Waals surface area contributed by atoms with E-state index in [4.69, 9.17) is 19.1 Å². The average molecular weight is 423 g/mol. The molecule has 0 aromatic rings. The Morgan fingerprint density at radius 1 is 0.885 bits per heavy atom. The molecule has 0 saturated heterocycles. The fourth-order valence-electron chi connectivity index (χ4n) is 2.94. The Kier molecular flexibility index (Phi) is 9.97. The van der Waals surface area contributed by atoms with Crippen molar-refractivity contribution in [1.82, 2.24) is 0 Å². The van der Waals surface area contributed by atoms with Crippen LogP contribution in [0, 0.1) is 0 Å². The fourth-order valence-corrected chi connectivity index (χ4v) is 12.5. The summed E-state index contributed by atoms with van der Waals surface area (Å²) in [4.78, 5) is 21.8. The molecule has 0 aromatic heterocycles. The molecule has 0 aliphatic rings. The average Bonchev–Trinajstić information content (AvgIpc) is 2.48. The Bertz CT molecular complexity index is 479. The van der Waals surface area contributed by atoms with Gasteiger partial charge in [-0.2, -0.15) is 0 Å². The Balaban J connectivity index is 4.99. The van der Waals surface area contributed by atoms with Gasteiger partial charge in [0.1, 0.15) is 0 Å². The summed E-state index contributed by atoms with van der Waals surface area (Å²) < 4.78 is 12.9. The summed E-state index contributed by atoms with van der Waals surface area (Å²) in [5, 5.41) is 17.9. The molecule has 0 saturated carbocycles. The second kappa shape index (κ2) is 10.2. The van der Waals surface area contributed by atoms with Crippen molar-refractivity contribution in [2.24, 2.45) is 0 Å². The Morgan fingerprint density at radius 3 is 1.77 bits per heavy atom. The highest BCUT2D eigenvalue weighted by Gasteiger charge is 2.41.